The average molecular weight is 395 g/mol. The van der Waals surface area contributed by atoms with E-state index < -0.39 is 17.3 Å². The Balaban J connectivity index is 1.79. The monoisotopic (exact) mass is 395 g/mol. The standard InChI is InChI=1S/C22H22FN3O3/c1-14(2)29-19-6-4-5-16(13-19)15(3)24-22(28)20-11-12-21(27)26(25-20)18-9-7-17(23)8-10-18/h4-15H,1-3H3,(H,24,28)/t15-/m0/s1. The van der Waals surface area contributed by atoms with Crippen LogP contribution in [0.4, 0.5) is 4.39 Å². The Morgan fingerprint density at radius 3 is 2.48 bits per heavy atom. The summed E-state index contributed by atoms with van der Waals surface area (Å²) < 4.78 is 19.9. The van der Waals surface area contributed by atoms with Crippen LogP contribution in [0, 0.1) is 5.82 Å². The first kappa shape index (κ1) is 20.3. The number of amides is 1. The van der Waals surface area contributed by atoms with Crippen molar-refractivity contribution < 1.29 is 13.9 Å². The van der Waals surface area contributed by atoms with Gasteiger partial charge in [0.25, 0.3) is 11.5 Å². The maximum atomic E-state index is 13.1. The molecule has 2 aromatic carbocycles. The minimum absolute atomic E-state index is 0.0480. The summed E-state index contributed by atoms with van der Waals surface area (Å²) in [7, 11) is 0. The molecule has 0 aliphatic carbocycles. The molecule has 1 heterocycles. The lowest BCUT2D eigenvalue weighted by molar-refractivity contribution is 0.0933. The van der Waals surface area contributed by atoms with Gasteiger partial charge < -0.3 is 10.1 Å². The molecule has 0 fully saturated rings. The first-order valence-corrected chi connectivity index (χ1v) is 9.27. The van der Waals surface area contributed by atoms with Crippen LogP contribution in [-0.4, -0.2) is 21.8 Å². The van der Waals surface area contributed by atoms with Crippen molar-refractivity contribution in [2.45, 2.75) is 32.9 Å². The Labute approximate surface area is 168 Å². The van der Waals surface area contributed by atoms with Crippen LogP contribution < -0.4 is 15.6 Å². The summed E-state index contributed by atoms with van der Waals surface area (Å²) in [5.41, 5.74) is 0.913. The molecule has 0 saturated carbocycles. The van der Waals surface area contributed by atoms with Crippen molar-refractivity contribution in [3.63, 3.8) is 0 Å². The molecule has 1 amide bonds. The van der Waals surface area contributed by atoms with E-state index in [4.69, 9.17) is 4.74 Å². The van der Waals surface area contributed by atoms with Crippen LogP contribution >= 0.6 is 0 Å². The summed E-state index contributed by atoms with van der Waals surface area (Å²) in [6.45, 7) is 5.74. The number of aromatic nitrogens is 2. The largest absolute Gasteiger partial charge is 0.491 e. The number of hydrogen-bond acceptors (Lipinski definition) is 4. The van der Waals surface area contributed by atoms with Crippen molar-refractivity contribution in [1.29, 1.82) is 0 Å². The Hall–Kier alpha value is -3.48. The third-order valence-corrected chi connectivity index (χ3v) is 4.18. The molecular weight excluding hydrogens is 373 g/mol. The van der Waals surface area contributed by atoms with Gasteiger partial charge in [0.2, 0.25) is 0 Å². The van der Waals surface area contributed by atoms with Gasteiger partial charge in [0.1, 0.15) is 17.3 Å². The number of rotatable bonds is 6. The number of nitrogens with zero attached hydrogens (tertiary/aromatic N) is 2. The zero-order valence-electron chi connectivity index (χ0n) is 16.4. The number of nitrogens with one attached hydrogen (secondary N) is 1. The second-order valence-corrected chi connectivity index (χ2v) is 6.88. The first-order chi connectivity index (χ1) is 13.8. The number of hydrogen-bond donors (Lipinski definition) is 1. The molecular formula is C22H22FN3O3. The number of carbonyl (C=O) groups excluding carboxylic acids is 1. The smallest absolute Gasteiger partial charge is 0.272 e. The van der Waals surface area contributed by atoms with Gasteiger partial charge in [-0.05, 0) is 68.8 Å². The number of carbonyl (C=O) groups is 1. The fourth-order valence-electron chi connectivity index (χ4n) is 2.78. The van der Waals surface area contributed by atoms with Crippen molar-refractivity contribution in [2.75, 3.05) is 0 Å². The van der Waals surface area contributed by atoms with E-state index >= 15 is 0 Å². The normalized spacial score (nSPS) is 11.9. The van der Waals surface area contributed by atoms with Crippen LogP contribution in [0.1, 0.15) is 42.9 Å². The number of benzene rings is 2. The highest BCUT2D eigenvalue weighted by Crippen LogP contribution is 2.20. The van der Waals surface area contributed by atoms with E-state index in [1.165, 1.54) is 36.4 Å². The van der Waals surface area contributed by atoms with Crippen molar-refractivity contribution in [2.24, 2.45) is 0 Å². The maximum absolute atomic E-state index is 13.1. The minimum Gasteiger partial charge on any atom is -0.491 e. The lowest BCUT2D eigenvalue weighted by Gasteiger charge is -2.16. The van der Waals surface area contributed by atoms with Crippen molar-refractivity contribution in [3.05, 3.63) is 88.1 Å². The van der Waals surface area contributed by atoms with Gasteiger partial charge in [-0.2, -0.15) is 9.78 Å². The molecule has 0 spiro atoms. The van der Waals surface area contributed by atoms with Gasteiger partial charge in [-0.1, -0.05) is 12.1 Å². The van der Waals surface area contributed by atoms with E-state index in [0.29, 0.717) is 5.69 Å². The van der Waals surface area contributed by atoms with E-state index in [2.05, 4.69) is 10.4 Å². The topological polar surface area (TPSA) is 73.2 Å². The molecule has 1 aromatic heterocycles. The molecule has 150 valence electrons. The second kappa shape index (κ2) is 8.68. The van der Waals surface area contributed by atoms with Crippen LogP contribution in [0.25, 0.3) is 5.69 Å². The highest BCUT2D eigenvalue weighted by Gasteiger charge is 2.15. The molecule has 1 atom stereocenters. The summed E-state index contributed by atoms with van der Waals surface area (Å²) in [6, 6.07) is 15.1. The summed E-state index contributed by atoms with van der Waals surface area (Å²) in [6.07, 6.45) is 0.0480. The number of halogens is 1. The molecule has 6 nitrogen and oxygen atoms in total. The maximum Gasteiger partial charge on any atom is 0.272 e. The van der Waals surface area contributed by atoms with E-state index in [-0.39, 0.29) is 17.8 Å². The van der Waals surface area contributed by atoms with E-state index in [0.717, 1.165) is 16.0 Å². The lowest BCUT2D eigenvalue weighted by Crippen LogP contribution is -2.30. The summed E-state index contributed by atoms with van der Waals surface area (Å²) in [4.78, 5) is 24.8. The quantitative estimate of drug-likeness (QED) is 0.691. The Morgan fingerprint density at radius 1 is 1.07 bits per heavy atom. The second-order valence-electron chi connectivity index (χ2n) is 6.88. The van der Waals surface area contributed by atoms with E-state index in [1.54, 1.807) is 0 Å². The molecule has 29 heavy (non-hydrogen) atoms. The van der Waals surface area contributed by atoms with Crippen molar-refractivity contribution in [3.8, 4) is 11.4 Å². The first-order valence-electron chi connectivity index (χ1n) is 9.27. The minimum atomic E-state index is -0.427. The zero-order chi connectivity index (χ0) is 21.0. The van der Waals surface area contributed by atoms with Crippen LogP contribution in [0.5, 0.6) is 5.75 Å². The zero-order valence-corrected chi connectivity index (χ0v) is 16.4. The van der Waals surface area contributed by atoms with Crippen molar-refractivity contribution in [1.82, 2.24) is 15.1 Å². The fraction of sp³-hybridized carbons (Fsp3) is 0.227. The van der Waals surface area contributed by atoms with Gasteiger partial charge in [-0.15, -0.1) is 0 Å². The lowest BCUT2D eigenvalue weighted by atomic mass is 10.1. The van der Waals surface area contributed by atoms with Gasteiger partial charge in [0.15, 0.2) is 0 Å². The van der Waals surface area contributed by atoms with Crippen LogP contribution in [-0.2, 0) is 0 Å². The molecule has 0 bridgehead atoms. The van der Waals surface area contributed by atoms with E-state index in [9.17, 15) is 14.0 Å². The fourth-order valence-corrected chi connectivity index (χ4v) is 2.78. The molecule has 0 unspecified atom stereocenters. The van der Waals surface area contributed by atoms with Crippen molar-refractivity contribution >= 4 is 5.91 Å². The molecule has 0 aliphatic rings. The van der Waals surface area contributed by atoms with Crippen LogP contribution in [0.2, 0.25) is 0 Å². The molecule has 0 saturated heterocycles. The van der Waals surface area contributed by atoms with Gasteiger partial charge in [0, 0.05) is 6.07 Å². The Morgan fingerprint density at radius 2 is 1.79 bits per heavy atom. The summed E-state index contributed by atoms with van der Waals surface area (Å²) >= 11 is 0. The highest BCUT2D eigenvalue weighted by molar-refractivity contribution is 5.92. The highest BCUT2D eigenvalue weighted by atomic mass is 19.1. The van der Waals surface area contributed by atoms with Gasteiger partial charge in [-0.3, -0.25) is 9.59 Å². The number of ether oxygens (including phenoxy) is 1. The molecule has 0 aliphatic heterocycles. The van der Waals surface area contributed by atoms with Gasteiger partial charge >= 0.3 is 0 Å². The predicted molar refractivity (Wildman–Crippen MR) is 108 cm³/mol. The Bertz CT molecular complexity index is 1060. The molecule has 3 rings (SSSR count). The van der Waals surface area contributed by atoms with E-state index in [1.807, 2.05) is 45.0 Å². The molecule has 7 heteroatoms. The van der Waals surface area contributed by atoms with Gasteiger partial charge in [0.05, 0.1) is 17.8 Å². The third-order valence-electron chi connectivity index (χ3n) is 4.18. The molecule has 3 aromatic rings. The average Bonchev–Trinajstić information content (AvgIpc) is 2.68. The predicted octanol–water partition coefficient (Wildman–Crippen LogP) is 3.65. The summed E-state index contributed by atoms with van der Waals surface area (Å²) in [5.74, 6) is -0.127. The van der Waals surface area contributed by atoms with Gasteiger partial charge in [-0.25, -0.2) is 4.39 Å². The summed E-state index contributed by atoms with van der Waals surface area (Å²) in [5, 5.41) is 6.99. The SMILES string of the molecule is CC(C)Oc1cccc([C@H](C)NC(=O)c2ccc(=O)n(-c3ccc(F)cc3)n2)c1. The van der Waals surface area contributed by atoms with Crippen LogP contribution in [0.3, 0.4) is 0 Å². The molecule has 1 N–H and O–H groups in total. The Kier molecular flexibility index (Phi) is 6.07. The third kappa shape index (κ3) is 5.07. The van der Waals surface area contributed by atoms with Crippen LogP contribution in [0.15, 0.2) is 65.5 Å². The molecule has 0 radical (unpaired) electrons.